The van der Waals surface area contributed by atoms with E-state index in [2.05, 4.69) is 20.8 Å². The van der Waals surface area contributed by atoms with Gasteiger partial charge in [-0.15, -0.1) is 11.6 Å². The van der Waals surface area contributed by atoms with E-state index in [-0.39, 0.29) is 16.2 Å². The fraction of sp³-hybridized carbons (Fsp3) is 0.647. The van der Waals surface area contributed by atoms with Gasteiger partial charge in [0.2, 0.25) is 0 Å². The maximum atomic E-state index is 13.5. The van der Waals surface area contributed by atoms with E-state index >= 15 is 0 Å². The molecular formula is C17H23Cl2F. The van der Waals surface area contributed by atoms with Crippen molar-refractivity contribution < 1.29 is 4.39 Å². The molecule has 0 aromatic heterocycles. The molecule has 1 aromatic carbocycles. The summed E-state index contributed by atoms with van der Waals surface area (Å²) in [4.78, 5) is 0. The molecule has 2 rings (SSSR count). The van der Waals surface area contributed by atoms with E-state index in [1.807, 2.05) is 6.07 Å². The van der Waals surface area contributed by atoms with E-state index in [0.29, 0.717) is 17.3 Å². The number of benzene rings is 1. The molecule has 1 aromatic rings. The van der Waals surface area contributed by atoms with Gasteiger partial charge in [-0.1, -0.05) is 38.4 Å². The highest BCUT2D eigenvalue weighted by molar-refractivity contribution is 6.30. The molecule has 0 radical (unpaired) electrons. The van der Waals surface area contributed by atoms with Gasteiger partial charge in [0.15, 0.2) is 0 Å². The molecule has 1 fully saturated rings. The quantitative estimate of drug-likeness (QED) is 0.579. The van der Waals surface area contributed by atoms with Crippen molar-refractivity contribution >= 4 is 23.2 Å². The van der Waals surface area contributed by atoms with Crippen molar-refractivity contribution in [3.05, 3.63) is 34.6 Å². The molecule has 0 nitrogen and oxygen atoms in total. The molecule has 3 unspecified atom stereocenters. The van der Waals surface area contributed by atoms with Gasteiger partial charge in [-0.2, -0.15) is 0 Å². The molecule has 0 bridgehead atoms. The van der Waals surface area contributed by atoms with Crippen LogP contribution in [0.25, 0.3) is 0 Å². The minimum absolute atomic E-state index is 0.187. The van der Waals surface area contributed by atoms with Crippen LogP contribution in [0.4, 0.5) is 4.39 Å². The maximum absolute atomic E-state index is 13.5. The summed E-state index contributed by atoms with van der Waals surface area (Å²) in [5, 5.41) is 0.389. The Hall–Kier alpha value is -0.270. The molecule has 20 heavy (non-hydrogen) atoms. The second-order valence-electron chi connectivity index (χ2n) is 7.10. The Bertz CT molecular complexity index is 465. The van der Waals surface area contributed by atoms with Gasteiger partial charge < -0.3 is 0 Å². The van der Waals surface area contributed by atoms with Crippen LogP contribution in [0.3, 0.4) is 0 Å². The molecule has 0 heterocycles. The number of hydrogen-bond acceptors (Lipinski definition) is 0. The van der Waals surface area contributed by atoms with Crippen LogP contribution in [0.2, 0.25) is 5.02 Å². The third-order valence-corrected chi connectivity index (χ3v) is 5.48. The lowest BCUT2D eigenvalue weighted by Crippen LogP contribution is -2.33. The Morgan fingerprint density at radius 1 is 1.25 bits per heavy atom. The topological polar surface area (TPSA) is 0 Å². The number of rotatable bonds is 2. The molecule has 0 N–H and O–H groups in total. The fourth-order valence-electron chi connectivity index (χ4n) is 3.19. The molecule has 1 aliphatic carbocycles. The molecule has 0 saturated heterocycles. The average molecular weight is 317 g/mol. The van der Waals surface area contributed by atoms with Gasteiger partial charge in [0.1, 0.15) is 5.82 Å². The van der Waals surface area contributed by atoms with Gasteiger partial charge in [0.05, 0.1) is 5.02 Å². The highest BCUT2D eigenvalue weighted by Gasteiger charge is 2.35. The van der Waals surface area contributed by atoms with Gasteiger partial charge in [0.25, 0.3) is 0 Å². The molecule has 0 amide bonds. The predicted molar refractivity (Wildman–Crippen MR) is 85.0 cm³/mol. The van der Waals surface area contributed by atoms with Gasteiger partial charge in [-0.3, -0.25) is 0 Å². The van der Waals surface area contributed by atoms with Gasteiger partial charge in [-0.05, 0) is 60.6 Å². The van der Waals surface area contributed by atoms with Gasteiger partial charge >= 0.3 is 0 Å². The lowest BCUT2D eigenvalue weighted by Gasteiger charge is -2.40. The minimum Gasteiger partial charge on any atom is -0.205 e. The van der Waals surface area contributed by atoms with Crippen LogP contribution in [0.15, 0.2) is 18.2 Å². The number of halogens is 3. The first-order valence-electron chi connectivity index (χ1n) is 7.35. The second kappa shape index (κ2) is 6.23. The third-order valence-electron chi connectivity index (χ3n) is 4.60. The van der Waals surface area contributed by atoms with E-state index in [9.17, 15) is 4.39 Å². The second-order valence-corrected chi connectivity index (χ2v) is 8.07. The summed E-state index contributed by atoms with van der Waals surface area (Å²) in [6.45, 7) is 6.89. The van der Waals surface area contributed by atoms with Crippen LogP contribution in [0.5, 0.6) is 0 Å². The van der Waals surface area contributed by atoms with E-state index in [0.717, 1.165) is 24.8 Å². The Kier molecular flexibility index (Phi) is 5.02. The Labute approximate surface area is 131 Å². The van der Waals surface area contributed by atoms with Crippen molar-refractivity contribution in [2.45, 2.75) is 51.8 Å². The first-order valence-corrected chi connectivity index (χ1v) is 8.17. The Balaban J connectivity index is 2.08. The lowest BCUT2D eigenvalue weighted by molar-refractivity contribution is 0.144. The van der Waals surface area contributed by atoms with Crippen molar-refractivity contribution in [2.75, 3.05) is 0 Å². The van der Waals surface area contributed by atoms with E-state index in [4.69, 9.17) is 23.2 Å². The van der Waals surface area contributed by atoms with Crippen molar-refractivity contribution in [1.29, 1.82) is 0 Å². The Morgan fingerprint density at radius 3 is 2.55 bits per heavy atom. The van der Waals surface area contributed by atoms with Crippen molar-refractivity contribution in [1.82, 2.24) is 0 Å². The van der Waals surface area contributed by atoms with Crippen LogP contribution in [0.1, 0.15) is 45.6 Å². The zero-order valence-electron chi connectivity index (χ0n) is 12.4. The van der Waals surface area contributed by atoms with Crippen molar-refractivity contribution in [3.63, 3.8) is 0 Å². The minimum atomic E-state index is -0.335. The van der Waals surface area contributed by atoms with Crippen LogP contribution in [0, 0.1) is 23.1 Å². The third kappa shape index (κ3) is 3.89. The summed E-state index contributed by atoms with van der Waals surface area (Å²) < 4.78 is 13.5. The maximum Gasteiger partial charge on any atom is 0.142 e. The molecule has 1 saturated carbocycles. The average Bonchev–Trinajstić information content (AvgIpc) is 2.35. The standard InChI is InChI=1S/C17H23Cl2F/c1-17(2,3)13-5-7-14(18)12(10-13)8-11-4-6-15(19)16(20)9-11/h4,6,9,12-14H,5,7-8,10H2,1-3H3. The Morgan fingerprint density at radius 2 is 1.95 bits per heavy atom. The number of alkyl halides is 1. The molecule has 112 valence electrons. The fourth-order valence-corrected chi connectivity index (χ4v) is 3.63. The lowest BCUT2D eigenvalue weighted by atomic mass is 9.68. The summed E-state index contributed by atoms with van der Waals surface area (Å²) in [7, 11) is 0. The van der Waals surface area contributed by atoms with Crippen LogP contribution < -0.4 is 0 Å². The van der Waals surface area contributed by atoms with E-state index in [1.165, 1.54) is 6.42 Å². The molecule has 1 aliphatic rings. The molecular weight excluding hydrogens is 294 g/mol. The largest absolute Gasteiger partial charge is 0.205 e. The first kappa shape index (κ1) is 16.1. The highest BCUT2D eigenvalue weighted by Crippen LogP contribution is 2.43. The summed E-state index contributed by atoms with van der Waals surface area (Å²) in [5.74, 6) is 0.785. The van der Waals surface area contributed by atoms with Gasteiger partial charge in [-0.25, -0.2) is 4.39 Å². The highest BCUT2D eigenvalue weighted by atomic mass is 35.5. The molecule has 0 aliphatic heterocycles. The van der Waals surface area contributed by atoms with Gasteiger partial charge in [0, 0.05) is 5.38 Å². The van der Waals surface area contributed by atoms with E-state index < -0.39 is 0 Å². The summed E-state index contributed by atoms with van der Waals surface area (Å²) >= 11 is 12.2. The SMILES string of the molecule is CC(C)(C)C1CCC(Cl)C(Cc2ccc(Cl)c(F)c2)C1. The molecule has 3 heteroatoms. The smallest absolute Gasteiger partial charge is 0.142 e. The monoisotopic (exact) mass is 316 g/mol. The van der Waals surface area contributed by atoms with Crippen LogP contribution in [-0.2, 0) is 6.42 Å². The first-order chi connectivity index (χ1) is 9.27. The zero-order valence-corrected chi connectivity index (χ0v) is 13.9. The molecule has 3 atom stereocenters. The number of hydrogen-bond donors (Lipinski definition) is 0. The van der Waals surface area contributed by atoms with E-state index in [1.54, 1.807) is 12.1 Å². The van der Waals surface area contributed by atoms with Crippen LogP contribution >= 0.6 is 23.2 Å². The summed E-state index contributed by atoms with van der Waals surface area (Å²) in [6, 6.07) is 5.10. The van der Waals surface area contributed by atoms with Crippen molar-refractivity contribution in [3.8, 4) is 0 Å². The predicted octanol–water partition coefficient (Wildman–Crippen LogP) is 6.09. The van der Waals surface area contributed by atoms with Crippen LogP contribution in [-0.4, -0.2) is 5.38 Å². The summed E-state index contributed by atoms with van der Waals surface area (Å²) in [5.41, 5.74) is 1.32. The van der Waals surface area contributed by atoms with Crippen molar-refractivity contribution in [2.24, 2.45) is 17.3 Å². The zero-order chi connectivity index (χ0) is 14.9. The normalized spacial score (nSPS) is 27.6. The summed E-state index contributed by atoms with van der Waals surface area (Å²) in [6.07, 6.45) is 4.23. The molecule has 0 spiro atoms.